The Hall–Kier alpha value is -2.71. The van der Waals surface area contributed by atoms with E-state index in [4.69, 9.17) is 0 Å². The number of nitrogens with zero attached hydrogens (tertiary/aromatic N) is 5. The average molecular weight is 436 g/mol. The van der Waals surface area contributed by atoms with Gasteiger partial charge in [0.1, 0.15) is 11.4 Å². The predicted molar refractivity (Wildman–Crippen MR) is 120 cm³/mol. The number of carbonyl (C=O) groups is 1. The molecular formula is C22H21N5OS2. The summed E-state index contributed by atoms with van der Waals surface area (Å²) >= 11 is 3.26. The minimum atomic E-state index is 0.158. The molecule has 8 heteroatoms. The molecule has 0 saturated carbocycles. The highest BCUT2D eigenvalue weighted by molar-refractivity contribution is 8.00. The molecule has 1 aromatic carbocycles. The van der Waals surface area contributed by atoms with Crippen molar-refractivity contribution in [3.63, 3.8) is 0 Å². The first kappa shape index (κ1) is 19.3. The Morgan fingerprint density at radius 2 is 2.10 bits per heavy atom. The summed E-state index contributed by atoms with van der Waals surface area (Å²) in [7, 11) is 0. The zero-order chi connectivity index (χ0) is 20.5. The van der Waals surface area contributed by atoms with Crippen LogP contribution in [-0.4, -0.2) is 42.9 Å². The molecule has 152 valence electrons. The van der Waals surface area contributed by atoms with E-state index < -0.39 is 0 Å². The zero-order valence-electron chi connectivity index (χ0n) is 16.6. The highest BCUT2D eigenvalue weighted by atomic mass is 32.2. The molecule has 0 radical (unpaired) electrons. The van der Waals surface area contributed by atoms with Crippen molar-refractivity contribution in [2.45, 2.75) is 30.8 Å². The van der Waals surface area contributed by atoms with Crippen molar-refractivity contribution < 1.29 is 4.79 Å². The number of aromatic nitrogens is 4. The molecule has 0 aliphatic carbocycles. The van der Waals surface area contributed by atoms with Gasteiger partial charge in [-0.1, -0.05) is 36.9 Å². The monoisotopic (exact) mass is 435 g/mol. The molecule has 30 heavy (non-hydrogen) atoms. The Kier molecular flexibility index (Phi) is 5.26. The molecule has 0 fully saturated rings. The first-order valence-electron chi connectivity index (χ1n) is 9.99. The number of hydrogen-bond acceptors (Lipinski definition) is 6. The molecule has 4 heterocycles. The van der Waals surface area contributed by atoms with Crippen LogP contribution >= 0.6 is 23.1 Å². The molecule has 3 aromatic heterocycles. The number of amides is 1. The molecule has 1 aliphatic rings. The Labute approximate surface area is 183 Å². The summed E-state index contributed by atoms with van der Waals surface area (Å²) in [5.41, 5.74) is 3.02. The zero-order valence-corrected chi connectivity index (χ0v) is 18.2. The number of thiophene rings is 1. The molecule has 0 saturated heterocycles. The van der Waals surface area contributed by atoms with E-state index in [1.54, 1.807) is 28.5 Å². The van der Waals surface area contributed by atoms with Gasteiger partial charge < -0.3 is 4.90 Å². The van der Waals surface area contributed by atoms with E-state index in [9.17, 15) is 4.79 Å². The lowest BCUT2D eigenvalue weighted by molar-refractivity contribution is -0.131. The van der Waals surface area contributed by atoms with E-state index >= 15 is 0 Å². The summed E-state index contributed by atoms with van der Waals surface area (Å²) in [5.74, 6) is 0.518. The Bertz CT molecular complexity index is 1190. The summed E-state index contributed by atoms with van der Waals surface area (Å²) in [4.78, 5) is 25.4. The smallest absolute Gasteiger partial charge is 0.233 e. The van der Waals surface area contributed by atoms with Gasteiger partial charge in [0.25, 0.3) is 0 Å². The second-order valence-corrected chi connectivity index (χ2v) is 9.12. The topological polar surface area (TPSA) is 63.9 Å². The maximum atomic E-state index is 13.1. The molecule has 4 aromatic rings. The van der Waals surface area contributed by atoms with Gasteiger partial charge in [-0.15, -0.1) is 11.3 Å². The van der Waals surface area contributed by atoms with E-state index in [0.717, 1.165) is 41.1 Å². The largest absolute Gasteiger partial charge is 0.335 e. The maximum Gasteiger partial charge on any atom is 0.233 e. The van der Waals surface area contributed by atoms with Crippen molar-refractivity contribution >= 4 is 40.0 Å². The summed E-state index contributed by atoms with van der Waals surface area (Å²) in [6.45, 7) is 2.94. The van der Waals surface area contributed by atoms with Crippen LogP contribution in [0.4, 0.5) is 0 Å². The average Bonchev–Trinajstić information content (AvgIpc) is 3.44. The van der Waals surface area contributed by atoms with Crippen LogP contribution < -0.4 is 0 Å². The lowest BCUT2D eigenvalue weighted by Gasteiger charge is -2.35. The van der Waals surface area contributed by atoms with Crippen molar-refractivity contribution in [2.75, 3.05) is 12.3 Å². The third-order valence-electron chi connectivity index (χ3n) is 5.46. The molecule has 0 N–H and O–H groups in total. The minimum absolute atomic E-state index is 0.158. The van der Waals surface area contributed by atoms with Gasteiger partial charge in [-0.2, -0.15) is 5.10 Å². The van der Waals surface area contributed by atoms with E-state index in [-0.39, 0.29) is 11.9 Å². The van der Waals surface area contributed by atoms with Gasteiger partial charge >= 0.3 is 0 Å². The van der Waals surface area contributed by atoms with Gasteiger partial charge in [-0.25, -0.2) is 14.6 Å². The SMILES string of the molecule is CCC1c2ccsc2CCN1C(=O)CSc1ncnc2c1cnn2-c1ccccc1. The van der Waals surface area contributed by atoms with Crippen molar-refractivity contribution in [1.29, 1.82) is 0 Å². The molecule has 1 amide bonds. The summed E-state index contributed by atoms with van der Waals surface area (Å²) in [6, 6.07) is 12.3. The van der Waals surface area contributed by atoms with Crippen LogP contribution in [0.5, 0.6) is 0 Å². The van der Waals surface area contributed by atoms with E-state index in [1.165, 1.54) is 22.2 Å². The molecule has 6 nitrogen and oxygen atoms in total. The number of thioether (sulfide) groups is 1. The standard InChI is InChI=1S/C22H21N5OS2/c1-2-18-16-9-11-29-19(16)8-10-26(18)20(28)13-30-22-17-12-25-27(21(17)23-14-24-22)15-6-4-3-5-7-15/h3-7,9,11-12,14,18H,2,8,10,13H2,1H3. The first-order valence-corrected chi connectivity index (χ1v) is 11.9. The van der Waals surface area contributed by atoms with Crippen LogP contribution in [0.25, 0.3) is 16.7 Å². The van der Waals surface area contributed by atoms with Crippen LogP contribution in [-0.2, 0) is 11.2 Å². The lowest BCUT2D eigenvalue weighted by Crippen LogP contribution is -2.40. The fourth-order valence-corrected chi connectivity index (χ4v) is 5.82. The number of fused-ring (bicyclic) bond motifs is 2. The van der Waals surface area contributed by atoms with E-state index in [2.05, 4.69) is 33.4 Å². The highest BCUT2D eigenvalue weighted by Gasteiger charge is 2.30. The number of rotatable bonds is 5. The summed E-state index contributed by atoms with van der Waals surface area (Å²) in [5, 5.41) is 8.29. The van der Waals surface area contributed by atoms with Crippen LogP contribution in [0.2, 0.25) is 0 Å². The van der Waals surface area contributed by atoms with Crippen molar-refractivity contribution in [3.8, 4) is 5.69 Å². The second kappa shape index (κ2) is 8.20. The van der Waals surface area contributed by atoms with Crippen LogP contribution in [0, 0.1) is 0 Å². The van der Waals surface area contributed by atoms with Crippen LogP contribution in [0.3, 0.4) is 0 Å². The van der Waals surface area contributed by atoms with Gasteiger partial charge in [0.05, 0.1) is 29.1 Å². The molecule has 1 unspecified atom stereocenters. The number of carbonyl (C=O) groups excluding carboxylic acids is 1. The predicted octanol–water partition coefficient (Wildman–Crippen LogP) is 4.51. The van der Waals surface area contributed by atoms with Crippen LogP contribution in [0.1, 0.15) is 29.8 Å². The summed E-state index contributed by atoms with van der Waals surface area (Å²) in [6.07, 6.45) is 5.20. The Balaban J connectivity index is 1.36. The van der Waals surface area contributed by atoms with Gasteiger partial charge in [0.15, 0.2) is 5.65 Å². The number of para-hydroxylation sites is 1. The minimum Gasteiger partial charge on any atom is -0.335 e. The maximum absolute atomic E-state index is 13.1. The summed E-state index contributed by atoms with van der Waals surface area (Å²) < 4.78 is 1.80. The number of hydrogen-bond donors (Lipinski definition) is 0. The molecule has 5 rings (SSSR count). The van der Waals surface area contributed by atoms with Gasteiger partial charge in [0.2, 0.25) is 5.91 Å². The van der Waals surface area contributed by atoms with Gasteiger partial charge in [-0.05, 0) is 42.0 Å². The van der Waals surface area contributed by atoms with Crippen molar-refractivity contribution in [2.24, 2.45) is 0 Å². The molecule has 1 atom stereocenters. The Morgan fingerprint density at radius 3 is 2.93 bits per heavy atom. The third-order valence-corrected chi connectivity index (χ3v) is 7.45. The van der Waals surface area contributed by atoms with E-state index in [0.29, 0.717) is 5.75 Å². The van der Waals surface area contributed by atoms with E-state index in [1.807, 2.05) is 35.2 Å². The molecule has 0 spiro atoms. The first-order chi connectivity index (χ1) is 14.8. The van der Waals surface area contributed by atoms with Crippen LogP contribution in [0.15, 0.2) is 59.3 Å². The van der Waals surface area contributed by atoms with Crippen molar-refractivity contribution in [1.82, 2.24) is 24.6 Å². The fourth-order valence-electron chi connectivity index (χ4n) is 4.04. The molecule has 1 aliphatic heterocycles. The lowest BCUT2D eigenvalue weighted by atomic mass is 9.98. The van der Waals surface area contributed by atoms with Gasteiger partial charge in [-0.3, -0.25) is 4.79 Å². The quantitative estimate of drug-likeness (QED) is 0.341. The second-order valence-electron chi connectivity index (χ2n) is 7.16. The third kappa shape index (κ3) is 3.40. The van der Waals surface area contributed by atoms with Crippen molar-refractivity contribution in [3.05, 3.63) is 64.7 Å². The normalized spacial score (nSPS) is 16.0. The Morgan fingerprint density at radius 1 is 1.23 bits per heavy atom. The highest BCUT2D eigenvalue weighted by Crippen LogP contribution is 2.36. The number of benzene rings is 1. The fraction of sp³-hybridized carbons (Fsp3) is 0.273. The molecule has 0 bridgehead atoms. The van der Waals surface area contributed by atoms with Gasteiger partial charge in [0, 0.05) is 11.4 Å². The molecular weight excluding hydrogens is 414 g/mol.